The first kappa shape index (κ1) is 17.2. The first-order chi connectivity index (χ1) is 12.7. The quantitative estimate of drug-likeness (QED) is 0.767. The molecule has 26 heavy (non-hydrogen) atoms. The fourth-order valence-corrected chi connectivity index (χ4v) is 4.81. The Morgan fingerprint density at radius 3 is 2.81 bits per heavy atom. The number of rotatable bonds is 4. The van der Waals surface area contributed by atoms with Crippen LogP contribution in [0.15, 0.2) is 47.4 Å². The second kappa shape index (κ2) is 7.19. The van der Waals surface area contributed by atoms with Gasteiger partial charge in [-0.1, -0.05) is 18.2 Å². The van der Waals surface area contributed by atoms with Gasteiger partial charge in [-0.15, -0.1) is 11.8 Å². The van der Waals surface area contributed by atoms with Gasteiger partial charge in [0, 0.05) is 22.6 Å². The van der Waals surface area contributed by atoms with Crippen molar-refractivity contribution in [2.24, 2.45) is 5.92 Å². The summed E-state index contributed by atoms with van der Waals surface area (Å²) >= 11 is 1.80. The lowest BCUT2D eigenvalue weighted by Gasteiger charge is -2.28. The number of carbonyl (C=O) groups excluding carboxylic acids is 1. The number of amides is 1. The molecule has 1 fully saturated rings. The number of thioether (sulfide) groups is 1. The van der Waals surface area contributed by atoms with Gasteiger partial charge in [-0.3, -0.25) is 4.79 Å². The van der Waals surface area contributed by atoms with Gasteiger partial charge < -0.3 is 14.8 Å². The number of ether oxygens (including phenoxy) is 2. The molecule has 0 saturated carbocycles. The zero-order valence-corrected chi connectivity index (χ0v) is 15.4. The summed E-state index contributed by atoms with van der Waals surface area (Å²) in [5.74, 6) is 2.25. The number of carbonyl (C=O) groups is 1. The summed E-state index contributed by atoms with van der Waals surface area (Å²) in [5, 5.41) is 2.98. The molecule has 2 aromatic rings. The van der Waals surface area contributed by atoms with Crippen LogP contribution in [0.5, 0.6) is 11.5 Å². The van der Waals surface area contributed by atoms with Crippen molar-refractivity contribution in [3.05, 3.63) is 48.0 Å². The van der Waals surface area contributed by atoms with Crippen LogP contribution in [0.1, 0.15) is 11.6 Å². The minimum Gasteiger partial charge on any atom is -0.497 e. The molecule has 4 rings (SSSR count). The number of fused-ring (bicyclic) bond motifs is 3. The second-order valence-electron chi connectivity index (χ2n) is 6.31. The highest BCUT2D eigenvalue weighted by Gasteiger charge is 2.43. The lowest BCUT2D eigenvalue weighted by Crippen LogP contribution is -2.42. The summed E-state index contributed by atoms with van der Waals surface area (Å²) < 4.78 is 10.6. The summed E-state index contributed by atoms with van der Waals surface area (Å²) in [6.45, 7) is 0. The number of nitrogens with one attached hydrogen (secondary N) is 3. The normalized spacial score (nSPS) is 23.7. The lowest BCUT2D eigenvalue weighted by molar-refractivity contribution is -0.118. The zero-order chi connectivity index (χ0) is 18.1. The van der Waals surface area contributed by atoms with E-state index in [4.69, 9.17) is 9.47 Å². The maximum Gasteiger partial charge on any atom is 0.243 e. The third-order valence-electron chi connectivity index (χ3n) is 4.89. The van der Waals surface area contributed by atoms with Crippen LogP contribution in [0.25, 0.3) is 0 Å². The van der Waals surface area contributed by atoms with E-state index in [-0.39, 0.29) is 23.9 Å². The Morgan fingerprint density at radius 1 is 1.15 bits per heavy atom. The summed E-state index contributed by atoms with van der Waals surface area (Å²) in [6, 6.07) is 13.5. The summed E-state index contributed by atoms with van der Waals surface area (Å²) in [4.78, 5) is 14.2. The van der Waals surface area contributed by atoms with Crippen molar-refractivity contribution in [2.75, 3.05) is 25.3 Å². The van der Waals surface area contributed by atoms with Crippen LogP contribution in [0.2, 0.25) is 0 Å². The molecule has 3 unspecified atom stereocenters. The summed E-state index contributed by atoms with van der Waals surface area (Å²) in [7, 11) is 3.17. The predicted octanol–water partition coefficient (Wildman–Crippen LogP) is 2.58. The highest BCUT2D eigenvalue weighted by atomic mass is 32.2. The average molecular weight is 371 g/mol. The molecule has 0 radical (unpaired) electrons. The largest absolute Gasteiger partial charge is 0.497 e. The van der Waals surface area contributed by atoms with Crippen LogP contribution >= 0.6 is 11.8 Å². The molecule has 6 nitrogen and oxygen atoms in total. The van der Waals surface area contributed by atoms with E-state index in [1.54, 1.807) is 44.2 Å². The molecule has 1 amide bonds. The van der Waals surface area contributed by atoms with Crippen LogP contribution in [0.3, 0.4) is 0 Å². The fraction of sp³-hybridized carbons (Fsp3) is 0.316. The molecule has 136 valence electrons. The van der Waals surface area contributed by atoms with E-state index in [0.29, 0.717) is 17.2 Å². The third kappa shape index (κ3) is 3.02. The zero-order valence-electron chi connectivity index (χ0n) is 14.6. The Hall–Kier alpha value is -2.22. The van der Waals surface area contributed by atoms with Crippen LogP contribution < -0.4 is 25.6 Å². The lowest BCUT2D eigenvalue weighted by atomic mass is 9.90. The van der Waals surface area contributed by atoms with Crippen molar-refractivity contribution in [2.45, 2.75) is 17.0 Å². The third-order valence-corrected chi connectivity index (χ3v) is 6.12. The number of hydrogen-bond donors (Lipinski definition) is 3. The van der Waals surface area contributed by atoms with E-state index in [1.165, 1.54) is 10.5 Å². The topological polar surface area (TPSA) is 71.6 Å². The van der Waals surface area contributed by atoms with Crippen molar-refractivity contribution in [3.63, 3.8) is 0 Å². The number of benzene rings is 2. The molecule has 0 spiro atoms. The molecule has 2 aliphatic rings. The molecule has 0 aromatic heterocycles. The molecule has 0 aliphatic carbocycles. The van der Waals surface area contributed by atoms with Gasteiger partial charge in [0.05, 0.1) is 25.9 Å². The van der Waals surface area contributed by atoms with Crippen molar-refractivity contribution >= 4 is 23.4 Å². The number of hydrogen-bond acceptors (Lipinski definition) is 6. The first-order valence-corrected chi connectivity index (χ1v) is 9.45. The van der Waals surface area contributed by atoms with E-state index < -0.39 is 0 Å². The van der Waals surface area contributed by atoms with Gasteiger partial charge in [-0.05, 0) is 23.8 Å². The highest BCUT2D eigenvalue weighted by molar-refractivity contribution is 7.99. The first-order valence-electron chi connectivity index (χ1n) is 8.47. The smallest absolute Gasteiger partial charge is 0.243 e. The number of hydrazine groups is 1. The van der Waals surface area contributed by atoms with Crippen molar-refractivity contribution in [3.8, 4) is 11.5 Å². The fourth-order valence-electron chi connectivity index (χ4n) is 3.51. The van der Waals surface area contributed by atoms with Crippen molar-refractivity contribution in [1.29, 1.82) is 0 Å². The van der Waals surface area contributed by atoms with Gasteiger partial charge in [0.2, 0.25) is 5.91 Å². The summed E-state index contributed by atoms with van der Waals surface area (Å²) in [5.41, 5.74) is 8.36. The van der Waals surface area contributed by atoms with Gasteiger partial charge in [0.1, 0.15) is 17.5 Å². The monoisotopic (exact) mass is 371 g/mol. The molecule has 2 heterocycles. The van der Waals surface area contributed by atoms with E-state index in [2.05, 4.69) is 34.4 Å². The molecule has 3 N–H and O–H groups in total. The van der Waals surface area contributed by atoms with E-state index in [0.717, 1.165) is 5.75 Å². The van der Waals surface area contributed by atoms with Gasteiger partial charge in [-0.25, -0.2) is 10.9 Å². The number of anilines is 1. The van der Waals surface area contributed by atoms with Crippen LogP contribution in [0.4, 0.5) is 5.69 Å². The standard InChI is InChI=1S/C19H21N3O3S/c1-24-11-7-8-14(15(9-11)25-2)20-19(23)18-13-10-26-16-6-4-3-5-12(16)17(13)21-22-18/h3-9,13,17-18,21-22H,10H2,1-2H3,(H,20,23). The van der Waals surface area contributed by atoms with Crippen molar-refractivity contribution in [1.82, 2.24) is 10.9 Å². The Kier molecular flexibility index (Phi) is 4.76. The Labute approximate surface area is 156 Å². The molecule has 3 atom stereocenters. The molecular weight excluding hydrogens is 350 g/mol. The Bertz CT molecular complexity index is 829. The van der Waals surface area contributed by atoms with Gasteiger partial charge in [0.25, 0.3) is 0 Å². The minimum absolute atomic E-state index is 0.0755. The van der Waals surface area contributed by atoms with E-state index >= 15 is 0 Å². The minimum atomic E-state index is -0.312. The Morgan fingerprint density at radius 2 is 2.00 bits per heavy atom. The maximum atomic E-state index is 12.9. The van der Waals surface area contributed by atoms with Crippen LogP contribution in [0, 0.1) is 5.92 Å². The SMILES string of the molecule is COc1ccc(NC(=O)C2NNC3c4ccccc4SCC23)c(OC)c1. The molecule has 2 aliphatic heterocycles. The van der Waals surface area contributed by atoms with Crippen LogP contribution in [-0.4, -0.2) is 31.9 Å². The maximum absolute atomic E-state index is 12.9. The van der Waals surface area contributed by atoms with Crippen LogP contribution in [-0.2, 0) is 4.79 Å². The highest BCUT2D eigenvalue weighted by Crippen LogP contribution is 2.43. The molecule has 7 heteroatoms. The molecular formula is C19H21N3O3S. The van der Waals surface area contributed by atoms with Gasteiger partial charge in [0.15, 0.2) is 0 Å². The second-order valence-corrected chi connectivity index (χ2v) is 7.37. The molecule has 2 aromatic carbocycles. The van der Waals surface area contributed by atoms with Crippen molar-refractivity contribution < 1.29 is 14.3 Å². The Balaban J connectivity index is 1.52. The summed E-state index contributed by atoms with van der Waals surface area (Å²) in [6.07, 6.45) is 0. The van der Waals surface area contributed by atoms with Gasteiger partial charge in [-0.2, -0.15) is 0 Å². The molecule has 0 bridgehead atoms. The average Bonchev–Trinajstić information content (AvgIpc) is 3.13. The molecule has 1 saturated heterocycles. The predicted molar refractivity (Wildman–Crippen MR) is 102 cm³/mol. The van der Waals surface area contributed by atoms with Gasteiger partial charge >= 0.3 is 0 Å². The van der Waals surface area contributed by atoms with E-state index in [9.17, 15) is 4.79 Å². The number of methoxy groups -OCH3 is 2. The van der Waals surface area contributed by atoms with E-state index in [1.807, 2.05) is 6.07 Å².